The van der Waals surface area contributed by atoms with Crippen LogP contribution in [0.25, 0.3) is 0 Å². The molecule has 210 valence electrons. The second-order valence-corrected chi connectivity index (χ2v) is 10.6. The summed E-state index contributed by atoms with van der Waals surface area (Å²) in [7, 11) is -3.77. The van der Waals surface area contributed by atoms with Gasteiger partial charge >= 0.3 is 0 Å². The third kappa shape index (κ3) is 10.1. The Bertz CT molecular complexity index is 1110. The largest absolute Gasteiger partial charge is 0.351 e. The molecule has 2 aromatic carbocycles. The highest BCUT2D eigenvalue weighted by molar-refractivity contribution is 7.89. The standard InChI is InChI=1S/C27H38FN3O6S/c1-5-36-26(37-6-2)19-31(20(3)4)27(33)24(18-21-12-14-22(28)15-13-21)30-25(32)16-17-29-38(34,35)23-10-8-7-9-11-23/h7-15,20,24,26,29H,5-6,16-19H2,1-4H3,(H,30,32). The van der Waals surface area contributed by atoms with Gasteiger partial charge in [-0.25, -0.2) is 17.5 Å². The number of halogens is 1. The molecule has 1 unspecified atom stereocenters. The molecule has 0 aliphatic carbocycles. The number of rotatable bonds is 16. The van der Waals surface area contributed by atoms with Crippen LogP contribution in [-0.2, 0) is 35.5 Å². The summed E-state index contributed by atoms with van der Waals surface area (Å²) in [4.78, 5) is 28.2. The summed E-state index contributed by atoms with van der Waals surface area (Å²) >= 11 is 0. The quantitative estimate of drug-likeness (QED) is 0.310. The van der Waals surface area contributed by atoms with Crippen LogP contribution in [0.15, 0.2) is 59.5 Å². The maximum atomic E-state index is 13.7. The summed E-state index contributed by atoms with van der Waals surface area (Å²) in [6, 6.07) is 12.3. The summed E-state index contributed by atoms with van der Waals surface area (Å²) in [5.41, 5.74) is 0.657. The molecule has 0 saturated heterocycles. The van der Waals surface area contributed by atoms with Gasteiger partial charge in [0.05, 0.1) is 11.4 Å². The first kappa shape index (κ1) is 31.4. The van der Waals surface area contributed by atoms with E-state index in [1.54, 1.807) is 35.2 Å². The zero-order valence-corrected chi connectivity index (χ0v) is 23.2. The fraction of sp³-hybridized carbons (Fsp3) is 0.481. The van der Waals surface area contributed by atoms with Gasteiger partial charge in [0, 0.05) is 38.6 Å². The lowest BCUT2D eigenvalue weighted by molar-refractivity contribution is -0.163. The average molecular weight is 552 g/mol. The zero-order chi connectivity index (χ0) is 28.1. The number of ether oxygens (including phenoxy) is 2. The number of benzene rings is 2. The Morgan fingerprint density at radius 3 is 2.13 bits per heavy atom. The number of carbonyl (C=O) groups is 2. The van der Waals surface area contributed by atoms with Gasteiger partial charge < -0.3 is 19.7 Å². The van der Waals surface area contributed by atoms with E-state index in [-0.39, 0.29) is 42.8 Å². The lowest BCUT2D eigenvalue weighted by Gasteiger charge is -2.33. The number of amides is 2. The molecule has 0 fully saturated rings. The van der Waals surface area contributed by atoms with Gasteiger partial charge in [0.15, 0.2) is 6.29 Å². The third-order valence-electron chi connectivity index (χ3n) is 5.64. The maximum Gasteiger partial charge on any atom is 0.245 e. The number of hydrogen-bond acceptors (Lipinski definition) is 6. The lowest BCUT2D eigenvalue weighted by Crippen LogP contribution is -2.54. The van der Waals surface area contributed by atoms with E-state index in [1.807, 2.05) is 27.7 Å². The molecule has 1 atom stereocenters. The molecular weight excluding hydrogens is 513 g/mol. The van der Waals surface area contributed by atoms with E-state index in [4.69, 9.17) is 9.47 Å². The molecule has 2 rings (SSSR count). The zero-order valence-electron chi connectivity index (χ0n) is 22.4. The van der Waals surface area contributed by atoms with E-state index < -0.39 is 34.1 Å². The molecule has 0 aromatic heterocycles. The number of nitrogens with one attached hydrogen (secondary N) is 2. The summed E-state index contributed by atoms with van der Waals surface area (Å²) in [5, 5.41) is 2.74. The number of carbonyl (C=O) groups excluding carboxylic acids is 2. The molecule has 0 radical (unpaired) electrons. The molecule has 38 heavy (non-hydrogen) atoms. The highest BCUT2D eigenvalue weighted by atomic mass is 32.2. The summed E-state index contributed by atoms with van der Waals surface area (Å²) < 4.78 is 51.9. The summed E-state index contributed by atoms with van der Waals surface area (Å²) in [5.74, 6) is -1.27. The van der Waals surface area contributed by atoms with Crippen LogP contribution in [0.1, 0.15) is 39.7 Å². The van der Waals surface area contributed by atoms with Gasteiger partial charge in [0.2, 0.25) is 21.8 Å². The van der Waals surface area contributed by atoms with Gasteiger partial charge in [-0.05, 0) is 57.5 Å². The fourth-order valence-electron chi connectivity index (χ4n) is 3.75. The molecule has 11 heteroatoms. The molecule has 0 heterocycles. The van der Waals surface area contributed by atoms with Gasteiger partial charge in [-0.2, -0.15) is 0 Å². The highest BCUT2D eigenvalue weighted by Crippen LogP contribution is 2.13. The Morgan fingerprint density at radius 2 is 1.58 bits per heavy atom. The van der Waals surface area contributed by atoms with E-state index >= 15 is 0 Å². The molecule has 2 N–H and O–H groups in total. The highest BCUT2D eigenvalue weighted by Gasteiger charge is 2.30. The first-order valence-corrected chi connectivity index (χ1v) is 14.2. The van der Waals surface area contributed by atoms with Crippen molar-refractivity contribution in [2.24, 2.45) is 0 Å². The Labute approximate surface area is 224 Å². The van der Waals surface area contributed by atoms with Crippen LogP contribution in [0.3, 0.4) is 0 Å². The first-order valence-electron chi connectivity index (χ1n) is 12.7. The Morgan fingerprint density at radius 1 is 0.974 bits per heavy atom. The predicted molar refractivity (Wildman–Crippen MR) is 142 cm³/mol. The van der Waals surface area contributed by atoms with E-state index in [0.717, 1.165) is 0 Å². The van der Waals surface area contributed by atoms with Crippen LogP contribution in [0.5, 0.6) is 0 Å². The maximum absolute atomic E-state index is 13.7. The minimum absolute atomic E-state index is 0.0931. The molecular formula is C27H38FN3O6S. The number of hydrogen-bond donors (Lipinski definition) is 2. The minimum atomic E-state index is -3.77. The van der Waals surface area contributed by atoms with Crippen LogP contribution >= 0.6 is 0 Å². The average Bonchev–Trinajstić information content (AvgIpc) is 2.88. The topological polar surface area (TPSA) is 114 Å². The molecule has 9 nitrogen and oxygen atoms in total. The van der Waals surface area contributed by atoms with Crippen LogP contribution in [0.2, 0.25) is 0 Å². The third-order valence-corrected chi connectivity index (χ3v) is 7.12. The summed E-state index contributed by atoms with van der Waals surface area (Å²) in [6.07, 6.45) is -0.690. The Hall–Kier alpha value is -2.86. The van der Waals surface area contributed by atoms with Gasteiger partial charge in [0.1, 0.15) is 11.9 Å². The van der Waals surface area contributed by atoms with Crippen LogP contribution in [0.4, 0.5) is 4.39 Å². The van der Waals surface area contributed by atoms with Gasteiger partial charge in [0.25, 0.3) is 0 Å². The van der Waals surface area contributed by atoms with Crippen molar-refractivity contribution in [2.75, 3.05) is 26.3 Å². The molecule has 0 saturated carbocycles. The monoisotopic (exact) mass is 551 g/mol. The van der Waals surface area contributed by atoms with E-state index in [0.29, 0.717) is 18.8 Å². The van der Waals surface area contributed by atoms with Crippen LogP contribution in [-0.4, -0.2) is 69.8 Å². The van der Waals surface area contributed by atoms with Crippen molar-refractivity contribution < 1.29 is 31.9 Å². The van der Waals surface area contributed by atoms with Crippen molar-refractivity contribution in [3.63, 3.8) is 0 Å². The Balaban J connectivity index is 2.15. The van der Waals surface area contributed by atoms with Gasteiger partial charge in [-0.3, -0.25) is 9.59 Å². The molecule has 0 bridgehead atoms. The van der Waals surface area contributed by atoms with Crippen molar-refractivity contribution in [1.82, 2.24) is 14.9 Å². The number of sulfonamides is 1. The van der Waals surface area contributed by atoms with Crippen LogP contribution in [0, 0.1) is 5.82 Å². The molecule has 0 aliphatic heterocycles. The minimum Gasteiger partial charge on any atom is -0.351 e. The van der Waals surface area contributed by atoms with Crippen molar-refractivity contribution in [3.05, 3.63) is 66.0 Å². The van der Waals surface area contributed by atoms with Crippen molar-refractivity contribution >= 4 is 21.8 Å². The molecule has 2 aromatic rings. The second kappa shape index (κ2) is 15.5. The fourth-order valence-corrected chi connectivity index (χ4v) is 4.80. The number of nitrogens with zero attached hydrogens (tertiary/aromatic N) is 1. The lowest BCUT2D eigenvalue weighted by atomic mass is 10.0. The van der Waals surface area contributed by atoms with E-state index in [9.17, 15) is 22.4 Å². The van der Waals surface area contributed by atoms with Crippen molar-refractivity contribution in [1.29, 1.82) is 0 Å². The van der Waals surface area contributed by atoms with E-state index in [2.05, 4.69) is 10.0 Å². The van der Waals surface area contributed by atoms with Crippen LogP contribution < -0.4 is 10.0 Å². The smallest absolute Gasteiger partial charge is 0.245 e. The van der Waals surface area contributed by atoms with Crippen molar-refractivity contribution in [3.8, 4) is 0 Å². The van der Waals surface area contributed by atoms with Crippen molar-refractivity contribution in [2.45, 2.75) is 63.8 Å². The second-order valence-electron chi connectivity index (χ2n) is 8.84. The molecule has 0 spiro atoms. The first-order chi connectivity index (χ1) is 18.1. The van der Waals surface area contributed by atoms with Gasteiger partial charge in [-0.15, -0.1) is 0 Å². The predicted octanol–water partition coefficient (Wildman–Crippen LogP) is 2.86. The summed E-state index contributed by atoms with van der Waals surface area (Å²) in [6.45, 7) is 8.17. The molecule has 2 amide bonds. The van der Waals surface area contributed by atoms with E-state index in [1.165, 1.54) is 24.3 Å². The van der Waals surface area contributed by atoms with Gasteiger partial charge in [-0.1, -0.05) is 30.3 Å². The normalized spacial score (nSPS) is 12.5. The SMILES string of the molecule is CCOC(CN(C(=O)C(Cc1ccc(F)cc1)NC(=O)CCNS(=O)(=O)c1ccccc1)C(C)C)OCC. The Kier molecular flexibility index (Phi) is 12.8. The molecule has 0 aliphatic rings.